The molecule has 0 spiro atoms. The Morgan fingerprint density at radius 1 is 1.24 bits per heavy atom. The van der Waals surface area contributed by atoms with E-state index in [1.54, 1.807) is 12.4 Å². The van der Waals surface area contributed by atoms with Gasteiger partial charge in [-0.3, -0.25) is 14.9 Å². The molecule has 3 rings (SSSR count). The second-order valence-electron chi connectivity index (χ2n) is 5.92. The summed E-state index contributed by atoms with van der Waals surface area (Å²) in [6.45, 7) is 4.28. The Kier molecular flexibility index (Phi) is 5.23. The van der Waals surface area contributed by atoms with E-state index in [0.717, 1.165) is 22.5 Å². The summed E-state index contributed by atoms with van der Waals surface area (Å²) in [5.74, 6) is 0.864. The molecule has 25 heavy (non-hydrogen) atoms. The fourth-order valence-electron chi connectivity index (χ4n) is 2.63. The number of benzene rings is 1. The van der Waals surface area contributed by atoms with Gasteiger partial charge in [0.15, 0.2) is 0 Å². The Balaban J connectivity index is 1.64. The van der Waals surface area contributed by atoms with E-state index >= 15 is 0 Å². The molecule has 0 fully saturated rings. The maximum atomic E-state index is 11.9. The highest BCUT2D eigenvalue weighted by molar-refractivity contribution is 5.85. The number of hydrogen-bond donors (Lipinski definition) is 1. The van der Waals surface area contributed by atoms with Gasteiger partial charge < -0.3 is 4.74 Å². The first-order chi connectivity index (χ1) is 12.2. The van der Waals surface area contributed by atoms with Crippen molar-refractivity contribution in [1.29, 1.82) is 0 Å². The summed E-state index contributed by atoms with van der Waals surface area (Å²) in [7, 11) is 0. The predicted octanol–water partition coefficient (Wildman–Crippen LogP) is 4.13. The SMILES string of the molecule is CCC(=O)C(C)c1cccc(COc2ccc(-c3ccn[nH]3)nc2)c1. The molecule has 0 amide bonds. The summed E-state index contributed by atoms with van der Waals surface area (Å²) in [5.41, 5.74) is 3.75. The molecule has 0 bridgehead atoms. The molecule has 1 atom stereocenters. The molecule has 5 heteroatoms. The van der Waals surface area contributed by atoms with Crippen LogP contribution in [0.3, 0.4) is 0 Å². The smallest absolute Gasteiger partial charge is 0.139 e. The fraction of sp³-hybridized carbons (Fsp3) is 0.250. The van der Waals surface area contributed by atoms with Crippen LogP contribution >= 0.6 is 0 Å². The van der Waals surface area contributed by atoms with Gasteiger partial charge in [-0.2, -0.15) is 5.10 Å². The van der Waals surface area contributed by atoms with Gasteiger partial charge in [-0.05, 0) is 29.3 Å². The zero-order valence-corrected chi connectivity index (χ0v) is 14.4. The largest absolute Gasteiger partial charge is 0.487 e. The summed E-state index contributed by atoms with van der Waals surface area (Å²) >= 11 is 0. The van der Waals surface area contributed by atoms with Gasteiger partial charge in [0.1, 0.15) is 18.1 Å². The third kappa shape index (κ3) is 4.12. The molecule has 0 saturated carbocycles. The molecular formula is C20H21N3O2. The number of carbonyl (C=O) groups excluding carboxylic acids is 1. The number of aromatic amines is 1. The van der Waals surface area contributed by atoms with E-state index in [9.17, 15) is 4.79 Å². The molecule has 5 nitrogen and oxygen atoms in total. The number of nitrogens with zero attached hydrogens (tertiary/aromatic N) is 2. The molecule has 0 saturated heterocycles. The number of ketones is 1. The average Bonchev–Trinajstić information content (AvgIpc) is 3.20. The molecule has 2 heterocycles. The van der Waals surface area contributed by atoms with Crippen LogP contribution in [0.15, 0.2) is 54.9 Å². The summed E-state index contributed by atoms with van der Waals surface area (Å²) in [6.07, 6.45) is 3.94. The first kappa shape index (κ1) is 16.9. The van der Waals surface area contributed by atoms with Crippen LogP contribution in [-0.2, 0) is 11.4 Å². The second-order valence-corrected chi connectivity index (χ2v) is 5.92. The van der Waals surface area contributed by atoms with Gasteiger partial charge >= 0.3 is 0 Å². The highest BCUT2D eigenvalue weighted by Crippen LogP contribution is 2.21. The van der Waals surface area contributed by atoms with Gasteiger partial charge in [0.2, 0.25) is 0 Å². The van der Waals surface area contributed by atoms with E-state index in [0.29, 0.717) is 18.8 Å². The maximum Gasteiger partial charge on any atom is 0.139 e. The summed E-state index contributed by atoms with van der Waals surface area (Å²) in [6, 6.07) is 13.6. The molecule has 1 unspecified atom stereocenters. The van der Waals surface area contributed by atoms with Crippen LogP contribution in [0.1, 0.15) is 37.3 Å². The van der Waals surface area contributed by atoms with E-state index in [-0.39, 0.29) is 11.7 Å². The number of H-pyrrole nitrogens is 1. The highest BCUT2D eigenvalue weighted by Gasteiger charge is 2.13. The molecular weight excluding hydrogens is 314 g/mol. The Bertz CT molecular complexity index is 826. The van der Waals surface area contributed by atoms with Gasteiger partial charge in [0.05, 0.1) is 17.6 Å². The minimum Gasteiger partial charge on any atom is -0.487 e. The monoisotopic (exact) mass is 335 g/mol. The van der Waals surface area contributed by atoms with E-state index in [4.69, 9.17) is 4.74 Å². The van der Waals surface area contributed by atoms with Gasteiger partial charge in [-0.1, -0.05) is 38.1 Å². The lowest BCUT2D eigenvalue weighted by molar-refractivity contribution is -0.119. The van der Waals surface area contributed by atoms with Crippen LogP contribution in [0.25, 0.3) is 11.4 Å². The quantitative estimate of drug-likeness (QED) is 0.705. The Hall–Kier alpha value is -2.95. The summed E-state index contributed by atoms with van der Waals surface area (Å²) in [5, 5.41) is 6.80. The number of aromatic nitrogens is 3. The number of ether oxygens (including phenoxy) is 1. The molecule has 3 aromatic rings. The van der Waals surface area contributed by atoms with Gasteiger partial charge in [-0.15, -0.1) is 0 Å². The van der Waals surface area contributed by atoms with Crippen LogP contribution in [0.2, 0.25) is 0 Å². The number of carbonyl (C=O) groups is 1. The predicted molar refractivity (Wildman–Crippen MR) is 96.3 cm³/mol. The van der Waals surface area contributed by atoms with Gasteiger partial charge in [0.25, 0.3) is 0 Å². The lowest BCUT2D eigenvalue weighted by atomic mass is 9.94. The van der Waals surface area contributed by atoms with Gasteiger partial charge in [-0.25, -0.2) is 0 Å². The summed E-state index contributed by atoms with van der Waals surface area (Å²) < 4.78 is 5.81. The number of pyridine rings is 1. The number of rotatable bonds is 7. The van der Waals surface area contributed by atoms with Crippen molar-refractivity contribution in [3.63, 3.8) is 0 Å². The standard InChI is InChI=1S/C20H21N3O2/c1-3-20(24)14(2)16-6-4-5-15(11-16)13-25-17-7-8-18(21-12-17)19-9-10-22-23-19/h4-12,14H,3,13H2,1-2H3,(H,22,23). The van der Waals surface area contributed by atoms with Crippen molar-refractivity contribution in [2.45, 2.75) is 32.8 Å². The normalized spacial score (nSPS) is 11.9. The van der Waals surface area contributed by atoms with Crippen molar-refractivity contribution in [3.05, 3.63) is 66.0 Å². The van der Waals surface area contributed by atoms with Crippen molar-refractivity contribution in [2.24, 2.45) is 0 Å². The van der Waals surface area contributed by atoms with Gasteiger partial charge in [0, 0.05) is 18.5 Å². The van der Waals surface area contributed by atoms with Crippen LogP contribution < -0.4 is 4.74 Å². The lowest BCUT2D eigenvalue weighted by Crippen LogP contribution is -2.08. The molecule has 1 aromatic carbocycles. The Labute approximate surface area is 147 Å². The summed E-state index contributed by atoms with van der Waals surface area (Å²) in [4.78, 5) is 16.3. The van der Waals surface area contributed by atoms with Crippen molar-refractivity contribution in [2.75, 3.05) is 0 Å². The second kappa shape index (κ2) is 7.75. The van der Waals surface area contributed by atoms with E-state index in [2.05, 4.69) is 15.2 Å². The first-order valence-electron chi connectivity index (χ1n) is 8.37. The minimum atomic E-state index is -0.0831. The molecule has 0 aliphatic rings. The Morgan fingerprint density at radius 2 is 2.12 bits per heavy atom. The average molecular weight is 335 g/mol. The van der Waals surface area contributed by atoms with E-state index in [1.165, 1.54) is 0 Å². The molecule has 1 N–H and O–H groups in total. The lowest BCUT2D eigenvalue weighted by Gasteiger charge is -2.12. The van der Waals surface area contributed by atoms with Crippen molar-refractivity contribution in [3.8, 4) is 17.1 Å². The van der Waals surface area contributed by atoms with Crippen LogP contribution in [-0.4, -0.2) is 21.0 Å². The molecule has 128 valence electrons. The number of Topliss-reactive ketones (excluding diaryl/α,β-unsaturated/α-hetero) is 1. The first-order valence-corrected chi connectivity index (χ1v) is 8.37. The Morgan fingerprint density at radius 3 is 2.80 bits per heavy atom. The highest BCUT2D eigenvalue weighted by atomic mass is 16.5. The third-order valence-electron chi connectivity index (χ3n) is 4.20. The van der Waals surface area contributed by atoms with Crippen molar-refractivity contribution in [1.82, 2.24) is 15.2 Å². The molecule has 0 aliphatic heterocycles. The molecule has 0 aliphatic carbocycles. The number of hydrogen-bond acceptors (Lipinski definition) is 4. The van der Waals surface area contributed by atoms with Crippen molar-refractivity contribution < 1.29 is 9.53 Å². The van der Waals surface area contributed by atoms with E-state index < -0.39 is 0 Å². The van der Waals surface area contributed by atoms with Crippen LogP contribution in [0, 0.1) is 0 Å². The zero-order chi connectivity index (χ0) is 17.6. The topological polar surface area (TPSA) is 67.9 Å². The maximum absolute atomic E-state index is 11.9. The van der Waals surface area contributed by atoms with E-state index in [1.807, 2.05) is 56.3 Å². The fourth-order valence-corrected chi connectivity index (χ4v) is 2.63. The third-order valence-corrected chi connectivity index (χ3v) is 4.20. The van der Waals surface area contributed by atoms with Crippen molar-refractivity contribution >= 4 is 5.78 Å². The van der Waals surface area contributed by atoms with Crippen LogP contribution in [0.5, 0.6) is 5.75 Å². The molecule has 0 radical (unpaired) electrons. The number of nitrogens with one attached hydrogen (secondary N) is 1. The minimum absolute atomic E-state index is 0.0831. The molecule has 2 aromatic heterocycles. The zero-order valence-electron chi connectivity index (χ0n) is 14.4. The van der Waals surface area contributed by atoms with Crippen LogP contribution in [0.4, 0.5) is 0 Å².